The van der Waals surface area contributed by atoms with Gasteiger partial charge in [0.15, 0.2) is 0 Å². The van der Waals surface area contributed by atoms with Gasteiger partial charge in [-0.2, -0.15) is 0 Å². The zero-order valence-corrected chi connectivity index (χ0v) is 14.5. The number of benzene rings is 1. The SMILES string of the molecule is Cc1cn([C@@H]2C[C@@](C)(O)[C@@H](COC(=O)c3ccccc3)O2)c(=O)[nH]c1=O. The molecule has 1 aromatic carbocycles. The predicted octanol–water partition coefficient (Wildman–Crippen LogP) is 0.741. The maximum absolute atomic E-state index is 12.0. The van der Waals surface area contributed by atoms with Crippen LogP contribution in [0, 0.1) is 6.92 Å². The maximum Gasteiger partial charge on any atom is 0.338 e. The number of aryl methyl sites for hydroxylation is 1. The van der Waals surface area contributed by atoms with Crippen LogP contribution in [0.4, 0.5) is 0 Å². The van der Waals surface area contributed by atoms with Crippen LogP contribution in [0.5, 0.6) is 0 Å². The average Bonchev–Trinajstić information content (AvgIpc) is 2.91. The quantitative estimate of drug-likeness (QED) is 0.778. The topological polar surface area (TPSA) is 111 Å². The van der Waals surface area contributed by atoms with Crippen molar-refractivity contribution < 1.29 is 19.4 Å². The van der Waals surface area contributed by atoms with Crippen LogP contribution in [0.2, 0.25) is 0 Å². The van der Waals surface area contributed by atoms with Gasteiger partial charge in [0.2, 0.25) is 0 Å². The number of carbonyl (C=O) groups excluding carboxylic acids is 1. The minimum atomic E-state index is -1.30. The number of hydrogen-bond donors (Lipinski definition) is 2. The Bertz CT molecular complexity index is 915. The van der Waals surface area contributed by atoms with E-state index in [1.54, 1.807) is 44.2 Å². The molecule has 1 fully saturated rings. The number of rotatable bonds is 4. The third-order valence-corrected chi connectivity index (χ3v) is 4.43. The zero-order valence-electron chi connectivity index (χ0n) is 14.5. The van der Waals surface area contributed by atoms with E-state index in [4.69, 9.17) is 9.47 Å². The lowest BCUT2D eigenvalue weighted by molar-refractivity contribution is -0.0799. The predicted molar refractivity (Wildman–Crippen MR) is 91.9 cm³/mol. The number of nitrogens with zero attached hydrogens (tertiary/aromatic N) is 1. The van der Waals surface area contributed by atoms with Crippen LogP contribution in [0.1, 0.15) is 35.5 Å². The molecule has 0 spiro atoms. The summed E-state index contributed by atoms with van der Waals surface area (Å²) >= 11 is 0. The molecule has 8 nitrogen and oxygen atoms in total. The summed E-state index contributed by atoms with van der Waals surface area (Å²) in [6, 6.07) is 8.48. The number of esters is 1. The van der Waals surface area contributed by atoms with Crippen molar-refractivity contribution >= 4 is 5.97 Å². The molecular weight excluding hydrogens is 340 g/mol. The van der Waals surface area contributed by atoms with Gasteiger partial charge in [0.05, 0.1) is 11.2 Å². The summed E-state index contributed by atoms with van der Waals surface area (Å²) in [6.07, 6.45) is -0.0700. The summed E-state index contributed by atoms with van der Waals surface area (Å²) in [5.74, 6) is -0.523. The molecule has 1 saturated heterocycles. The van der Waals surface area contributed by atoms with Crippen molar-refractivity contribution in [1.29, 1.82) is 0 Å². The zero-order chi connectivity index (χ0) is 18.9. The van der Waals surface area contributed by atoms with E-state index in [2.05, 4.69) is 4.98 Å². The van der Waals surface area contributed by atoms with Gasteiger partial charge in [0, 0.05) is 18.2 Å². The second kappa shape index (κ2) is 6.89. The summed E-state index contributed by atoms with van der Waals surface area (Å²) in [7, 11) is 0. The second-order valence-electron chi connectivity index (χ2n) is 6.58. The molecule has 2 N–H and O–H groups in total. The van der Waals surface area contributed by atoms with E-state index >= 15 is 0 Å². The Balaban J connectivity index is 1.72. The molecule has 0 bridgehead atoms. The number of nitrogens with one attached hydrogen (secondary N) is 1. The molecule has 1 aliphatic rings. The van der Waals surface area contributed by atoms with Crippen LogP contribution >= 0.6 is 0 Å². The van der Waals surface area contributed by atoms with Crippen molar-refractivity contribution in [3.05, 3.63) is 68.5 Å². The van der Waals surface area contributed by atoms with Crippen molar-refractivity contribution in [3.63, 3.8) is 0 Å². The molecule has 8 heteroatoms. The van der Waals surface area contributed by atoms with Gasteiger partial charge < -0.3 is 14.6 Å². The fourth-order valence-electron chi connectivity index (χ4n) is 2.86. The lowest BCUT2D eigenvalue weighted by atomic mass is 9.98. The van der Waals surface area contributed by atoms with Gasteiger partial charge in [-0.25, -0.2) is 9.59 Å². The van der Waals surface area contributed by atoms with E-state index in [1.165, 1.54) is 10.8 Å². The number of carbonyl (C=O) groups is 1. The van der Waals surface area contributed by atoms with Gasteiger partial charge in [-0.3, -0.25) is 14.3 Å². The highest BCUT2D eigenvalue weighted by atomic mass is 16.6. The normalized spacial score (nSPS) is 25.2. The summed E-state index contributed by atoms with van der Waals surface area (Å²) < 4.78 is 12.2. The van der Waals surface area contributed by atoms with Gasteiger partial charge in [-0.1, -0.05) is 18.2 Å². The molecule has 26 heavy (non-hydrogen) atoms. The third kappa shape index (κ3) is 3.61. The number of aliphatic hydroxyl groups is 1. The van der Waals surface area contributed by atoms with E-state index < -0.39 is 35.2 Å². The van der Waals surface area contributed by atoms with Gasteiger partial charge in [-0.15, -0.1) is 0 Å². The Morgan fingerprint density at radius 2 is 2.08 bits per heavy atom. The number of aromatic nitrogens is 2. The van der Waals surface area contributed by atoms with Crippen LogP contribution in [0.3, 0.4) is 0 Å². The Morgan fingerprint density at radius 1 is 1.38 bits per heavy atom. The highest BCUT2D eigenvalue weighted by molar-refractivity contribution is 5.89. The highest BCUT2D eigenvalue weighted by Crippen LogP contribution is 2.36. The monoisotopic (exact) mass is 360 g/mol. The molecule has 0 amide bonds. The van der Waals surface area contributed by atoms with Crippen LogP contribution in [-0.4, -0.2) is 38.9 Å². The van der Waals surface area contributed by atoms with Crippen LogP contribution in [0.15, 0.2) is 46.1 Å². The van der Waals surface area contributed by atoms with E-state index in [1.807, 2.05) is 0 Å². The van der Waals surface area contributed by atoms with E-state index in [0.29, 0.717) is 11.1 Å². The number of H-pyrrole nitrogens is 1. The van der Waals surface area contributed by atoms with Crippen LogP contribution < -0.4 is 11.2 Å². The fraction of sp³-hybridized carbons (Fsp3) is 0.389. The van der Waals surface area contributed by atoms with Gasteiger partial charge in [0.1, 0.15) is 18.9 Å². The Hall–Kier alpha value is -2.71. The van der Waals surface area contributed by atoms with E-state index in [0.717, 1.165) is 0 Å². The molecule has 2 heterocycles. The molecule has 3 atom stereocenters. The lowest BCUT2D eigenvalue weighted by Gasteiger charge is -2.22. The Kier molecular flexibility index (Phi) is 4.80. The molecule has 0 unspecified atom stereocenters. The summed E-state index contributed by atoms with van der Waals surface area (Å²) in [5, 5.41) is 10.6. The summed E-state index contributed by atoms with van der Waals surface area (Å²) in [5.41, 5.74) is -1.64. The first kappa shape index (κ1) is 18.1. The van der Waals surface area contributed by atoms with Crippen molar-refractivity contribution in [2.24, 2.45) is 0 Å². The van der Waals surface area contributed by atoms with Crippen molar-refractivity contribution in [2.75, 3.05) is 6.61 Å². The largest absolute Gasteiger partial charge is 0.459 e. The standard InChI is InChI=1S/C18H20N2O6/c1-11-9-20(17(23)19-15(11)21)14-8-18(2,24)13(26-14)10-25-16(22)12-6-4-3-5-7-12/h3-7,9,13-14,24H,8,10H2,1-2H3,(H,19,21,23)/t13-,14+,18-/m1/s1. The molecule has 1 aliphatic heterocycles. The van der Waals surface area contributed by atoms with Gasteiger partial charge in [0.25, 0.3) is 5.56 Å². The first-order chi connectivity index (χ1) is 12.3. The van der Waals surface area contributed by atoms with Gasteiger partial charge >= 0.3 is 11.7 Å². The molecule has 0 saturated carbocycles. The minimum Gasteiger partial charge on any atom is -0.459 e. The molecule has 0 radical (unpaired) electrons. The first-order valence-corrected chi connectivity index (χ1v) is 8.20. The van der Waals surface area contributed by atoms with Crippen molar-refractivity contribution in [3.8, 4) is 0 Å². The third-order valence-electron chi connectivity index (χ3n) is 4.43. The molecule has 3 rings (SSSR count). The maximum atomic E-state index is 12.0. The Labute approximate surface area is 149 Å². The van der Waals surface area contributed by atoms with Crippen LogP contribution in [0.25, 0.3) is 0 Å². The molecule has 0 aliphatic carbocycles. The Morgan fingerprint density at radius 3 is 2.77 bits per heavy atom. The minimum absolute atomic E-state index is 0.117. The molecular formula is C18H20N2O6. The molecule has 1 aromatic heterocycles. The van der Waals surface area contributed by atoms with E-state index in [-0.39, 0.29) is 13.0 Å². The number of hydrogen-bond acceptors (Lipinski definition) is 6. The lowest BCUT2D eigenvalue weighted by Crippen LogP contribution is -2.38. The van der Waals surface area contributed by atoms with Crippen molar-refractivity contribution in [2.45, 2.75) is 38.2 Å². The smallest absolute Gasteiger partial charge is 0.338 e. The molecule has 2 aromatic rings. The molecule has 138 valence electrons. The number of ether oxygens (including phenoxy) is 2. The first-order valence-electron chi connectivity index (χ1n) is 8.20. The van der Waals surface area contributed by atoms with Crippen LogP contribution in [-0.2, 0) is 9.47 Å². The fourth-order valence-corrected chi connectivity index (χ4v) is 2.86. The van der Waals surface area contributed by atoms with E-state index in [9.17, 15) is 19.5 Å². The second-order valence-corrected chi connectivity index (χ2v) is 6.58. The average molecular weight is 360 g/mol. The number of aromatic amines is 1. The van der Waals surface area contributed by atoms with Crippen molar-refractivity contribution in [1.82, 2.24) is 9.55 Å². The summed E-state index contributed by atoms with van der Waals surface area (Å²) in [6.45, 7) is 2.97. The van der Waals surface area contributed by atoms with Gasteiger partial charge in [-0.05, 0) is 26.0 Å². The summed E-state index contributed by atoms with van der Waals surface area (Å²) in [4.78, 5) is 37.8. The highest BCUT2D eigenvalue weighted by Gasteiger charge is 2.45.